The Labute approximate surface area is 154 Å². The molecule has 2 bridgehead atoms. The van der Waals surface area contributed by atoms with E-state index in [2.05, 4.69) is 16.3 Å². The van der Waals surface area contributed by atoms with Gasteiger partial charge in [0.15, 0.2) is 0 Å². The van der Waals surface area contributed by atoms with Gasteiger partial charge in [0.25, 0.3) is 0 Å². The minimum Gasteiger partial charge on any atom is -0.481 e. The van der Waals surface area contributed by atoms with E-state index in [0.717, 1.165) is 23.8 Å². The highest BCUT2D eigenvalue weighted by Gasteiger charge is 2.39. The van der Waals surface area contributed by atoms with Gasteiger partial charge in [0.05, 0.1) is 17.3 Å². The van der Waals surface area contributed by atoms with Crippen LogP contribution in [0, 0.1) is 17.8 Å². The number of carbonyl (C=O) groups is 2. The van der Waals surface area contributed by atoms with Crippen molar-refractivity contribution >= 4 is 23.4 Å². The average Bonchev–Trinajstić information content (AvgIpc) is 3.25. The summed E-state index contributed by atoms with van der Waals surface area (Å²) in [6.07, 6.45) is 4.44. The Morgan fingerprint density at radius 3 is 2.62 bits per heavy atom. The third-order valence-corrected chi connectivity index (χ3v) is 6.16. The molecule has 3 fully saturated rings. The predicted octanol–water partition coefficient (Wildman–Crippen LogP) is 3.25. The van der Waals surface area contributed by atoms with Gasteiger partial charge >= 0.3 is 12.0 Å². The summed E-state index contributed by atoms with van der Waals surface area (Å²) in [5.74, 6) is -0.319. The number of hydrogen-bond donors (Lipinski definition) is 2. The molecule has 0 radical (unpaired) electrons. The molecule has 4 rings (SSSR count). The summed E-state index contributed by atoms with van der Waals surface area (Å²) in [6.45, 7) is 3.96. The minimum absolute atomic E-state index is 0.195. The fourth-order valence-corrected chi connectivity index (χ4v) is 4.94. The van der Waals surface area contributed by atoms with Crippen LogP contribution in [0.1, 0.15) is 32.6 Å². The number of amides is 2. The van der Waals surface area contributed by atoms with Gasteiger partial charge < -0.3 is 20.2 Å². The number of benzene rings is 1. The van der Waals surface area contributed by atoms with Crippen molar-refractivity contribution in [2.45, 2.75) is 38.6 Å². The van der Waals surface area contributed by atoms with Gasteiger partial charge in [-0.05, 0) is 49.7 Å². The smallest absolute Gasteiger partial charge is 0.321 e. The summed E-state index contributed by atoms with van der Waals surface area (Å²) in [7, 11) is 0. The van der Waals surface area contributed by atoms with Crippen LogP contribution >= 0.6 is 0 Å². The van der Waals surface area contributed by atoms with E-state index in [0.29, 0.717) is 19.0 Å². The first-order valence-electron chi connectivity index (χ1n) is 9.65. The number of anilines is 2. The molecule has 2 N–H and O–H groups in total. The lowest BCUT2D eigenvalue weighted by atomic mass is 9.91. The molecule has 4 unspecified atom stereocenters. The van der Waals surface area contributed by atoms with Crippen LogP contribution in [0.4, 0.5) is 16.2 Å². The molecule has 1 aliphatic carbocycles. The van der Waals surface area contributed by atoms with E-state index >= 15 is 0 Å². The van der Waals surface area contributed by atoms with E-state index in [-0.39, 0.29) is 18.5 Å². The zero-order valence-corrected chi connectivity index (χ0v) is 15.2. The Bertz CT molecular complexity index is 707. The molecule has 1 aromatic carbocycles. The summed E-state index contributed by atoms with van der Waals surface area (Å²) < 4.78 is 0. The number of nitrogens with zero attached hydrogens (tertiary/aromatic N) is 2. The fraction of sp³-hybridized carbons (Fsp3) is 0.600. The first-order valence-corrected chi connectivity index (χ1v) is 9.65. The van der Waals surface area contributed by atoms with Gasteiger partial charge in [-0.2, -0.15) is 0 Å². The van der Waals surface area contributed by atoms with Gasteiger partial charge in [-0.25, -0.2) is 4.79 Å². The van der Waals surface area contributed by atoms with Crippen molar-refractivity contribution in [2.24, 2.45) is 17.8 Å². The highest BCUT2D eigenvalue weighted by molar-refractivity contribution is 5.93. The maximum atomic E-state index is 12.8. The first-order chi connectivity index (χ1) is 12.5. The monoisotopic (exact) mass is 357 g/mol. The molecule has 3 aliphatic rings. The molecular weight excluding hydrogens is 330 g/mol. The Morgan fingerprint density at radius 1 is 1.12 bits per heavy atom. The van der Waals surface area contributed by atoms with Gasteiger partial charge in [0, 0.05) is 25.7 Å². The normalized spacial score (nSPS) is 30.5. The molecule has 4 atom stereocenters. The molecule has 2 amide bonds. The summed E-state index contributed by atoms with van der Waals surface area (Å²) in [6, 6.07) is 8.37. The van der Waals surface area contributed by atoms with Gasteiger partial charge in [-0.15, -0.1) is 0 Å². The van der Waals surface area contributed by atoms with E-state index < -0.39 is 11.9 Å². The number of likely N-dealkylation sites (tertiary alicyclic amines) is 1. The lowest BCUT2D eigenvalue weighted by Gasteiger charge is -2.35. The molecular formula is C20H27N3O3. The Balaban J connectivity index is 1.49. The van der Waals surface area contributed by atoms with E-state index in [4.69, 9.17) is 0 Å². The number of aliphatic carboxylic acids is 1. The molecule has 140 valence electrons. The molecule has 6 heteroatoms. The molecule has 2 saturated heterocycles. The SMILES string of the molecule is CC1CC(C(=O)O)CN(C(=O)Nc2ccccc2N2CC3CCC2C3)C1. The van der Waals surface area contributed by atoms with Crippen molar-refractivity contribution in [2.75, 3.05) is 29.9 Å². The van der Waals surface area contributed by atoms with Crippen molar-refractivity contribution in [3.8, 4) is 0 Å². The lowest BCUT2D eigenvalue weighted by Crippen LogP contribution is -2.47. The van der Waals surface area contributed by atoms with Crippen molar-refractivity contribution in [1.29, 1.82) is 0 Å². The largest absolute Gasteiger partial charge is 0.481 e. The van der Waals surface area contributed by atoms with Crippen LogP contribution in [0.25, 0.3) is 0 Å². The third-order valence-electron chi connectivity index (χ3n) is 6.16. The predicted molar refractivity (Wildman–Crippen MR) is 100 cm³/mol. The van der Waals surface area contributed by atoms with Gasteiger partial charge in [-0.1, -0.05) is 19.1 Å². The lowest BCUT2D eigenvalue weighted by molar-refractivity contribution is -0.143. The molecule has 0 spiro atoms. The Morgan fingerprint density at radius 2 is 1.92 bits per heavy atom. The molecule has 6 nitrogen and oxygen atoms in total. The van der Waals surface area contributed by atoms with Crippen molar-refractivity contribution in [3.63, 3.8) is 0 Å². The number of carboxylic acids is 1. The average molecular weight is 357 g/mol. The number of urea groups is 1. The van der Waals surface area contributed by atoms with E-state index in [1.54, 1.807) is 4.90 Å². The molecule has 1 saturated carbocycles. The summed E-state index contributed by atoms with van der Waals surface area (Å²) in [4.78, 5) is 28.3. The van der Waals surface area contributed by atoms with E-state index in [1.807, 2.05) is 25.1 Å². The zero-order valence-electron chi connectivity index (χ0n) is 15.2. The second-order valence-corrected chi connectivity index (χ2v) is 8.21. The molecule has 1 aromatic rings. The number of hydrogen-bond acceptors (Lipinski definition) is 3. The maximum absolute atomic E-state index is 12.8. The van der Waals surface area contributed by atoms with Gasteiger partial charge in [0.2, 0.25) is 0 Å². The zero-order chi connectivity index (χ0) is 18.3. The fourth-order valence-electron chi connectivity index (χ4n) is 4.94. The topological polar surface area (TPSA) is 72.9 Å². The quantitative estimate of drug-likeness (QED) is 0.871. The molecule has 2 aliphatic heterocycles. The number of fused-ring (bicyclic) bond motifs is 2. The van der Waals surface area contributed by atoms with E-state index in [9.17, 15) is 14.7 Å². The van der Waals surface area contributed by atoms with Gasteiger partial charge in [0.1, 0.15) is 0 Å². The molecule has 2 heterocycles. The minimum atomic E-state index is -0.817. The number of nitrogens with one attached hydrogen (secondary N) is 1. The highest BCUT2D eigenvalue weighted by Crippen LogP contribution is 2.42. The summed E-state index contributed by atoms with van der Waals surface area (Å²) in [5.41, 5.74) is 1.92. The summed E-state index contributed by atoms with van der Waals surface area (Å²) in [5, 5.41) is 12.4. The van der Waals surface area contributed by atoms with Crippen molar-refractivity contribution in [3.05, 3.63) is 24.3 Å². The van der Waals surface area contributed by atoms with Crippen LogP contribution in [0.3, 0.4) is 0 Å². The van der Waals surface area contributed by atoms with Crippen LogP contribution in [0.5, 0.6) is 0 Å². The number of carbonyl (C=O) groups excluding carboxylic acids is 1. The highest BCUT2D eigenvalue weighted by atomic mass is 16.4. The van der Waals surface area contributed by atoms with Crippen LogP contribution in [0.15, 0.2) is 24.3 Å². The van der Waals surface area contributed by atoms with Crippen LogP contribution in [-0.4, -0.2) is 47.7 Å². The standard InChI is InChI=1S/C20H27N3O3/c1-13-8-15(19(24)25)12-22(10-13)20(26)21-17-4-2-3-5-18(17)23-11-14-6-7-16(23)9-14/h2-5,13-16H,6-12H2,1H3,(H,21,26)(H,24,25). The number of para-hydroxylation sites is 2. The van der Waals surface area contributed by atoms with Crippen LogP contribution in [0.2, 0.25) is 0 Å². The third kappa shape index (κ3) is 3.24. The number of carboxylic acid groups (broad SMARTS) is 1. The maximum Gasteiger partial charge on any atom is 0.321 e. The van der Waals surface area contributed by atoms with Crippen molar-refractivity contribution in [1.82, 2.24) is 4.90 Å². The van der Waals surface area contributed by atoms with Gasteiger partial charge in [-0.3, -0.25) is 4.79 Å². The Hall–Kier alpha value is -2.24. The second-order valence-electron chi connectivity index (χ2n) is 8.21. The van der Waals surface area contributed by atoms with Crippen LogP contribution in [-0.2, 0) is 4.79 Å². The first kappa shape index (κ1) is 17.2. The van der Waals surface area contributed by atoms with E-state index in [1.165, 1.54) is 19.3 Å². The molecule has 26 heavy (non-hydrogen) atoms. The summed E-state index contributed by atoms with van der Waals surface area (Å²) >= 11 is 0. The molecule has 0 aromatic heterocycles. The van der Waals surface area contributed by atoms with Crippen molar-refractivity contribution < 1.29 is 14.7 Å². The number of rotatable bonds is 3. The Kier molecular flexibility index (Phi) is 4.51. The second kappa shape index (κ2) is 6.82. The number of piperidine rings is 2. The van der Waals surface area contributed by atoms with Crippen LogP contribution < -0.4 is 10.2 Å².